The predicted octanol–water partition coefficient (Wildman–Crippen LogP) is 1.54. The quantitative estimate of drug-likeness (QED) is 0.887. The Morgan fingerprint density at radius 1 is 1.60 bits per heavy atom. The molecule has 0 aromatic carbocycles. The standard InChI is InChI=1S/C14H21N3O3/c1-4-5-17-8-10(6-13(17)18)15-14(19)11-7-12(9(2)3)20-16-11/h7,9-10H,4-6,8H2,1-3H3,(H,15,19)/t10-/m0/s1. The van der Waals surface area contributed by atoms with Crippen molar-refractivity contribution >= 4 is 11.8 Å². The van der Waals surface area contributed by atoms with Crippen molar-refractivity contribution < 1.29 is 14.1 Å². The third kappa shape index (κ3) is 3.18. The number of nitrogens with one attached hydrogen (secondary N) is 1. The fourth-order valence-corrected chi connectivity index (χ4v) is 2.28. The number of aromatic nitrogens is 1. The summed E-state index contributed by atoms with van der Waals surface area (Å²) in [4.78, 5) is 25.6. The topological polar surface area (TPSA) is 75.4 Å². The van der Waals surface area contributed by atoms with Crippen molar-refractivity contribution in [1.29, 1.82) is 0 Å². The summed E-state index contributed by atoms with van der Waals surface area (Å²) in [6, 6.07) is 1.52. The Hall–Kier alpha value is -1.85. The number of hydrogen-bond acceptors (Lipinski definition) is 4. The minimum absolute atomic E-state index is 0.0974. The monoisotopic (exact) mass is 279 g/mol. The van der Waals surface area contributed by atoms with Gasteiger partial charge in [0.15, 0.2) is 5.69 Å². The molecule has 0 saturated carbocycles. The smallest absolute Gasteiger partial charge is 0.273 e. The van der Waals surface area contributed by atoms with E-state index in [2.05, 4.69) is 10.5 Å². The molecule has 0 radical (unpaired) electrons. The van der Waals surface area contributed by atoms with Crippen LogP contribution in [0.5, 0.6) is 0 Å². The summed E-state index contributed by atoms with van der Waals surface area (Å²) >= 11 is 0. The van der Waals surface area contributed by atoms with E-state index in [1.165, 1.54) is 0 Å². The van der Waals surface area contributed by atoms with Crippen LogP contribution in [0.4, 0.5) is 0 Å². The van der Waals surface area contributed by atoms with Gasteiger partial charge in [0.05, 0.1) is 6.04 Å². The van der Waals surface area contributed by atoms with Gasteiger partial charge in [-0.05, 0) is 6.42 Å². The van der Waals surface area contributed by atoms with Gasteiger partial charge in [-0.15, -0.1) is 0 Å². The maximum absolute atomic E-state index is 12.0. The lowest BCUT2D eigenvalue weighted by atomic mass is 10.1. The molecular formula is C14H21N3O3. The van der Waals surface area contributed by atoms with Crippen LogP contribution >= 0.6 is 0 Å². The molecule has 0 aliphatic carbocycles. The van der Waals surface area contributed by atoms with Crippen LogP contribution < -0.4 is 5.32 Å². The maximum Gasteiger partial charge on any atom is 0.273 e. The highest BCUT2D eigenvalue weighted by atomic mass is 16.5. The fraction of sp³-hybridized carbons (Fsp3) is 0.643. The first-order valence-corrected chi connectivity index (χ1v) is 7.06. The second-order valence-corrected chi connectivity index (χ2v) is 5.48. The lowest BCUT2D eigenvalue weighted by molar-refractivity contribution is -0.127. The summed E-state index contributed by atoms with van der Waals surface area (Å²) < 4.78 is 5.10. The van der Waals surface area contributed by atoms with Gasteiger partial charge in [0.2, 0.25) is 5.91 Å². The van der Waals surface area contributed by atoms with Crippen molar-refractivity contribution in [3.05, 3.63) is 17.5 Å². The zero-order valence-corrected chi connectivity index (χ0v) is 12.2. The van der Waals surface area contributed by atoms with Crippen molar-refractivity contribution in [1.82, 2.24) is 15.4 Å². The van der Waals surface area contributed by atoms with E-state index in [1.807, 2.05) is 20.8 Å². The number of amides is 2. The number of carbonyl (C=O) groups is 2. The van der Waals surface area contributed by atoms with Gasteiger partial charge in [0.1, 0.15) is 5.76 Å². The second kappa shape index (κ2) is 6.07. The van der Waals surface area contributed by atoms with Gasteiger partial charge in [-0.2, -0.15) is 0 Å². The van der Waals surface area contributed by atoms with Gasteiger partial charge in [0.25, 0.3) is 5.91 Å². The van der Waals surface area contributed by atoms with E-state index in [-0.39, 0.29) is 29.5 Å². The van der Waals surface area contributed by atoms with Crippen LogP contribution in [0.3, 0.4) is 0 Å². The Kier molecular flexibility index (Phi) is 4.42. The van der Waals surface area contributed by atoms with Crippen LogP contribution in [-0.2, 0) is 4.79 Å². The minimum atomic E-state index is -0.281. The Bertz CT molecular complexity index is 496. The number of hydrogen-bond donors (Lipinski definition) is 1. The van der Waals surface area contributed by atoms with Crippen molar-refractivity contribution in [3.63, 3.8) is 0 Å². The number of likely N-dealkylation sites (tertiary alicyclic amines) is 1. The maximum atomic E-state index is 12.0. The lowest BCUT2D eigenvalue weighted by Crippen LogP contribution is -2.37. The van der Waals surface area contributed by atoms with Crippen molar-refractivity contribution in [2.24, 2.45) is 0 Å². The molecule has 1 fully saturated rings. The van der Waals surface area contributed by atoms with Crippen LogP contribution in [0.25, 0.3) is 0 Å². The average Bonchev–Trinajstić information content (AvgIpc) is 2.98. The van der Waals surface area contributed by atoms with Gasteiger partial charge in [-0.25, -0.2) is 0 Å². The largest absolute Gasteiger partial charge is 0.360 e. The number of rotatable bonds is 5. The Labute approximate surface area is 118 Å². The van der Waals surface area contributed by atoms with Crippen LogP contribution in [0, 0.1) is 0 Å². The van der Waals surface area contributed by atoms with E-state index in [0.29, 0.717) is 18.7 Å². The molecule has 0 spiro atoms. The molecule has 1 aliphatic heterocycles. The highest BCUT2D eigenvalue weighted by Gasteiger charge is 2.30. The van der Waals surface area contributed by atoms with E-state index >= 15 is 0 Å². The second-order valence-electron chi connectivity index (χ2n) is 5.48. The van der Waals surface area contributed by atoms with Crippen LogP contribution in [0.15, 0.2) is 10.6 Å². The SMILES string of the molecule is CCCN1C[C@@H](NC(=O)c2cc(C(C)C)on2)CC1=O. The number of carbonyl (C=O) groups excluding carboxylic acids is 2. The van der Waals surface area contributed by atoms with Gasteiger partial charge >= 0.3 is 0 Å². The zero-order valence-electron chi connectivity index (χ0n) is 12.2. The highest BCUT2D eigenvalue weighted by molar-refractivity contribution is 5.93. The molecule has 1 atom stereocenters. The molecule has 1 aromatic rings. The molecule has 1 aromatic heterocycles. The van der Waals surface area contributed by atoms with E-state index in [1.54, 1.807) is 11.0 Å². The van der Waals surface area contributed by atoms with E-state index in [0.717, 1.165) is 13.0 Å². The van der Waals surface area contributed by atoms with Crippen molar-refractivity contribution in [2.75, 3.05) is 13.1 Å². The van der Waals surface area contributed by atoms with Crippen LogP contribution in [-0.4, -0.2) is 41.0 Å². The molecule has 1 N–H and O–H groups in total. The summed E-state index contributed by atoms with van der Waals surface area (Å²) in [6.07, 6.45) is 1.29. The first-order chi connectivity index (χ1) is 9.51. The average molecular weight is 279 g/mol. The molecule has 1 saturated heterocycles. The fourth-order valence-electron chi connectivity index (χ4n) is 2.28. The summed E-state index contributed by atoms with van der Waals surface area (Å²) in [5.74, 6) is 0.694. The first kappa shape index (κ1) is 14.6. The minimum Gasteiger partial charge on any atom is -0.360 e. The predicted molar refractivity (Wildman–Crippen MR) is 73.3 cm³/mol. The molecule has 110 valence electrons. The van der Waals surface area contributed by atoms with Gasteiger partial charge < -0.3 is 14.7 Å². The Morgan fingerprint density at radius 3 is 2.95 bits per heavy atom. The van der Waals surface area contributed by atoms with Crippen molar-refractivity contribution in [2.45, 2.75) is 45.6 Å². The first-order valence-electron chi connectivity index (χ1n) is 7.06. The molecule has 1 aliphatic rings. The van der Waals surface area contributed by atoms with Gasteiger partial charge in [-0.1, -0.05) is 25.9 Å². The van der Waals surface area contributed by atoms with E-state index < -0.39 is 0 Å². The highest BCUT2D eigenvalue weighted by Crippen LogP contribution is 2.16. The molecule has 2 rings (SSSR count). The van der Waals surface area contributed by atoms with Gasteiger partial charge in [0, 0.05) is 31.5 Å². The Balaban J connectivity index is 1.93. The van der Waals surface area contributed by atoms with Gasteiger partial charge in [-0.3, -0.25) is 9.59 Å². The van der Waals surface area contributed by atoms with Crippen molar-refractivity contribution in [3.8, 4) is 0 Å². The van der Waals surface area contributed by atoms with Crippen LogP contribution in [0.1, 0.15) is 55.8 Å². The molecule has 2 heterocycles. The zero-order chi connectivity index (χ0) is 14.7. The number of nitrogens with zero attached hydrogens (tertiary/aromatic N) is 2. The van der Waals surface area contributed by atoms with E-state index in [4.69, 9.17) is 4.52 Å². The summed E-state index contributed by atoms with van der Waals surface area (Å²) in [7, 11) is 0. The lowest BCUT2D eigenvalue weighted by Gasteiger charge is -2.15. The summed E-state index contributed by atoms with van der Waals surface area (Å²) in [5.41, 5.74) is 0.273. The normalized spacial score (nSPS) is 18.9. The third-order valence-corrected chi connectivity index (χ3v) is 3.37. The summed E-state index contributed by atoms with van der Waals surface area (Å²) in [6.45, 7) is 7.29. The van der Waals surface area contributed by atoms with E-state index in [9.17, 15) is 9.59 Å². The molecule has 20 heavy (non-hydrogen) atoms. The molecule has 0 bridgehead atoms. The molecule has 0 unspecified atom stereocenters. The van der Waals surface area contributed by atoms with Crippen LogP contribution in [0.2, 0.25) is 0 Å². The molecule has 6 nitrogen and oxygen atoms in total. The third-order valence-electron chi connectivity index (χ3n) is 3.37. The Morgan fingerprint density at radius 2 is 2.35 bits per heavy atom. The molecule has 6 heteroatoms. The molecular weight excluding hydrogens is 258 g/mol. The summed E-state index contributed by atoms with van der Waals surface area (Å²) in [5, 5.41) is 6.61. The molecule has 2 amide bonds.